The molecule has 11 heavy (non-hydrogen) atoms. The minimum atomic E-state index is 0.634. The van der Waals surface area contributed by atoms with Gasteiger partial charge >= 0.3 is 0 Å². The fourth-order valence-electron chi connectivity index (χ4n) is 1.23. The molecule has 0 nitrogen and oxygen atoms in total. The molecule has 60 valence electrons. The third-order valence-electron chi connectivity index (χ3n) is 2.30. The lowest BCUT2D eigenvalue weighted by Gasteiger charge is -2.14. The second kappa shape index (κ2) is 4.17. The van der Waals surface area contributed by atoms with Crippen molar-refractivity contribution in [3.8, 4) is 0 Å². The highest BCUT2D eigenvalue weighted by atomic mass is 14.1. The number of rotatable bonds is 2. The van der Waals surface area contributed by atoms with E-state index in [9.17, 15) is 0 Å². The molecule has 0 bridgehead atoms. The third-order valence-corrected chi connectivity index (χ3v) is 2.30. The minimum absolute atomic E-state index is 0.634. The molecule has 0 spiro atoms. The fourth-order valence-corrected chi connectivity index (χ4v) is 1.23. The Labute approximate surface area is 69.3 Å². The average Bonchev–Trinajstić information content (AvgIpc) is 2.30. The van der Waals surface area contributed by atoms with E-state index in [1.807, 2.05) is 0 Å². The first-order valence-corrected chi connectivity index (χ1v) is 4.36. The molecule has 1 aliphatic carbocycles. The van der Waals surface area contributed by atoms with Crippen LogP contribution in [0.4, 0.5) is 0 Å². The second-order valence-corrected chi connectivity index (χ2v) is 3.12. The Morgan fingerprint density at radius 1 is 1.09 bits per heavy atom. The van der Waals surface area contributed by atoms with Crippen LogP contribution in [-0.4, -0.2) is 0 Å². The minimum Gasteiger partial charge on any atom is -0.0773 e. The highest BCUT2D eigenvalue weighted by Crippen LogP contribution is 2.19. The fraction of sp³-hybridized carbons (Fsp3) is 0.455. The van der Waals surface area contributed by atoms with E-state index in [0.717, 1.165) is 5.92 Å². The Bertz CT molecular complexity index is 168. The van der Waals surface area contributed by atoms with E-state index in [4.69, 9.17) is 0 Å². The Hall–Kier alpha value is -0.780. The lowest BCUT2D eigenvalue weighted by molar-refractivity contribution is 0.483. The van der Waals surface area contributed by atoms with Gasteiger partial charge in [0, 0.05) is 0 Å². The van der Waals surface area contributed by atoms with Crippen molar-refractivity contribution in [2.75, 3.05) is 0 Å². The first-order valence-electron chi connectivity index (χ1n) is 4.36. The van der Waals surface area contributed by atoms with Gasteiger partial charge in [0.1, 0.15) is 0 Å². The van der Waals surface area contributed by atoms with Gasteiger partial charge in [-0.2, -0.15) is 0 Å². The van der Waals surface area contributed by atoms with E-state index in [1.54, 1.807) is 0 Å². The molecule has 0 aromatic rings. The lowest BCUT2D eigenvalue weighted by Crippen LogP contribution is -2.04. The SMILES string of the molecule is CCC(C)C1C=CC=CC=C1. The largest absolute Gasteiger partial charge is 0.0773 e. The van der Waals surface area contributed by atoms with Crippen molar-refractivity contribution in [2.24, 2.45) is 11.8 Å². The third kappa shape index (κ3) is 2.38. The summed E-state index contributed by atoms with van der Waals surface area (Å²) in [5, 5.41) is 0. The Balaban J connectivity index is 2.59. The number of allylic oxidation sites excluding steroid dienone is 6. The van der Waals surface area contributed by atoms with E-state index < -0.39 is 0 Å². The van der Waals surface area contributed by atoms with Crippen molar-refractivity contribution in [1.82, 2.24) is 0 Å². The topological polar surface area (TPSA) is 0 Å². The van der Waals surface area contributed by atoms with Crippen LogP contribution in [0.2, 0.25) is 0 Å². The van der Waals surface area contributed by atoms with Gasteiger partial charge in [-0.25, -0.2) is 0 Å². The van der Waals surface area contributed by atoms with Gasteiger partial charge in [0.2, 0.25) is 0 Å². The smallest absolute Gasteiger partial charge is 0.00217 e. The van der Waals surface area contributed by atoms with Crippen LogP contribution in [0.15, 0.2) is 36.5 Å². The monoisotopic (exact) mass is 148 g/mol. The summed E-state index contributed by atoms with van der Waals surface area (Å²) < 4.78 is 0. The highest BCUT2D eigenvalue weighted by Gasteiger charge is 2.08. The lowest BCUT2D eigenvalue weighted by atomic mass is 9.91. The molecule has 1 rings (SSSR count). The molecular formula is C11H16. The van der Waals surface area contributed by atoms with Gasteiger partial charge in [0.05, 0.1) is 0 Å². The molecular weight excluding hydrogens is 132 g/mol. The summed E-state index contributed by atoms with van der Waals surface area (Å²) in [6, 6.07) is 0. The molecule has 0 radical (unpaired) electrons. The van der Waals surface area contributed by atoms with Crippen LogP contribution in [0.25, 0.3) is 0 Å². The van der Waals surface area contributed by atoms with Crippen molar-refractivity contribution in [2.45, 2.75) is 20.3 Å². The summed E-state index contributed by atoms with van der Waals surface area (Å²) in [5.74, 6) is 1.40. The maximum atomic E-state index is 2.30. The van der Waals surface area contributed by atoms with Gasteiger partial charge in [0.15, 0.2) is 0 Å². The summed E-state index contributed by atoms with van der Waals surface area (Å²) in [5.41, 5.74) is 0. The van der Waals surface area contributed by atoms with Crippen molar-refractivity contribution >= 4 is 0 Å². The Morgan fingerprint density at radius 2 is 1.64 bits per heavy atom. The summed E-state index contributed by atoms with van der Waals surface area (Å²) in [6.07, 6.45) is 14.2. The molecule has 1 atom stereocenters. The maximum absolute atomic E-state index is 2.30. The summed E-state index contributed by atoms with van der Waals surface area (Å²) >= 11 is 0. The van der Waals surface area contributed by atoms with Crippen LogP contribution in [0, 0.1) is 11.8 Å². The number of hydrogen-bond acceptors (Lipinski definition) is 0. The molecule has 0 N–H and O–H groups in total. The zero-order valence-corrected chi connectivity index (χ0v) is 7.33. The molecule has 0 heterocycles. The standard InChI is InChI=1S/C11H16/c1-3-10(2)11-8-6-4-5-7-9-11/h4-11H,3H2,1-2H3. The number of hydrogen-bond donors (Lipinski definition) is 0. The van der Waals surface area contributed by atoms with Crippen LogP contribution in [0.1, 0.15) is 20.3 Å². The zero-order chi connectivity index (χ0) is 8.10. The molecule has 0 aliphatic heterocycles. The van der Waals surface area contributed by atoms with Gasteiger partial charge in [0.25, 0.3) is 0 Å². The average molecular weight is 148 g/mol. The predicted octanol–water partition coefficient (Wildman–Crippen LogP) is 3.33. The summed E-state index contributed by atoms with van der Waals surface area (Å²) in [4.78, 5) is 0. The van der Waals surface area contributed by atoms with Crippen LogP contribution in [-0.2, 0) is 0 Å². The van der Waals surface area contributed by atoms with Crippen LogP contribution in [0.3, 0.4) is 0 Å². The summed E-state index contributed by atoms with van der Waals surface area (Å²) in [7, 11) is 0. The molecule has 0 amide bonds. The zero-order valence-electron chi connectivity index (χ0n) is 7.33. The van der Waals surface area contributed by atoms with Crippen LogP contribution in [0.5, 0.6) is 0 Å². The van der Waals surface area contributed by atoms with Crippen molar-refractivity contribution in [3.05, 3.63) is 36.5 Å². The van der Waals surface area contributed by atoms with Crippen molar-refractivity contribution in [3.63, 3.8) is 0 Å². The van der Waals surface area contributed by atoms with Crippen LogP contribution >= 0.6 is 0 Å². The van der Waals surface area contributed by atoms with Crippen LogP contribution < -0.4 is 0 Å². The van der Waals surface area contributed by atoms with Gasteiger partial charge in [-0.3, -0.25) is 0 Å². The Morgan fingerprint density at radius 3 is 2.09 bits per heavy atom. The molecule has 0 saturated carbocycles. The van der Waals surface area contributed by atoms with E-state index in [2.05, 4.69) is 50.3 Å². The molecule has 0 heteroatoms. The van der Waals surface area contributed by atoms with Gasteiger partial charge in [-0.15, -0.1) is 0 Å². The predicted molar refractivity (Wildman–Crippen MR) is 50.4 cm³/mol. The first kappa shape index (κ1) is 8.32. The van der Waals surface area contributed by atoms with E-state index >= 15 is 0 Å². The second-order valence-electron chi connectivity index (χ2n) is 3.12. The van der Waals surface area contributed by atoms with Crippen molar-refractivity contribution in [1.29, 1.82) is 0 Å². The molecule has 0 saturated heterocycles. The molecule has 0 fully saturated rings. The molecule has 1 aliphatic rings. The van der Waals surface area contributed by atoms with Gasteiger partial charge in [-0.1, -0.05) is 56.7 Å². The van der Waals surface area contributed by atoms with E-state index in [0.29, 0.717) is 5.92 Å². The highest BCUT2D eigenvalue weighted by molar-refractivity contribution is 5.19. The van der Waals surface area contributed by atoms with Gasteiger partial charge < -0.3 is 0 Å². The maximum Gasteiger partial charge on any atom is -0.00217 e. The summed E-state index contributed by atoms with van der Waals surface area (Å²) in [6.45, 7) is 4.54. The quantitative estimate of drug-likeness (QED) is 0.563. The van der Waals surface area contributed by atoms with Gasteiger partial charge in [-0.05, 0) is 11.8 Å². The molecule has 1 unspecified atom stereocenters. The normalized spacial score (nSPS) is 20.2. The molecule has 0 aromatic carbocycles. The van der Waals surface area contributed by atoms with Crippen molar-refractivity contribution < 1.29 is 0 Å². The first-order chi connectivity index (χ1) is 5.34. The van der Waals surface area contributed by atoms with E-state index in [-0.39, 0.29) is 0 Å². The van der Waals surface area contributed by atoms with E-state index in [1.165, 1.54) is 6.42 Å². The Kier molecular flexibility index (Phi) is 3.15. The molecule has 0 aromatic heterocycles.